The van der Waals surface area contributed by atoms with E-state index in [9.17, 15) is 9.59 Å². The summed E-state index contributed by atoms with van der Waals surface area (Å²) in [6, 6.07) is -0.683. The minimum atomic E-state index is -0.968. The molecule has 0 aliphatic carbocycles. The molecule has 0 saturated heterocycles. The summed E-state index contributed by atoms with van der Waals surface area (Å²) in [5.41, 5.74) is 9.76. The maximum Gasteiger partial charge on any atom is 0.320 e. The number of hydrogen-bond donors (Lipinski definition) is 8. The number of carboxylic acid groups (broad SMARTS) is 2. The third-order valence-electron chi connectivity index (χ3n) is 1.55. The maximum absolute atomic E-state index is 10.1. The molecule has 0 saturated carbocycles. The average molecular weight is 348 g/mol. The molecule has 0 bridgehead atoms. The van der Waals surface area contributed by atoms with Gasteiger partial charge < -0.3 is 42.1 Å². The molecule has 0 aromatic heterocycles. The van der Waals surface area contributed by atoms with Crippen LogP contribution in [0.2, 0.25) is 0 Å². The van der Waals surface area contributed by atoms with E-state index in [2.05, 4.69) is 5.73 Å². The molecule has 0 aliphatic heterocycles. The number of hydrogen-bond acceptors (Lipinski definition) is 9. The van der Waals surface area contributed by atoms with Gasteiger partial charge >= 0.3 is 11.9 Å². The number of nitrogens with two attached hydrogens (primary N) is 2. The molecule has 0 aromatic rings. The van der Waals surface area contributed by atoms with E-state index in [0.717, 1.165) is 12.9 Å². The van der Waals surface area contributed by atoms with Gasteiger partial charge in [0.1, 0.15) is 12.1 Å². The molecule has 1 unspecified atom stereocenters. The molecule has 136 valence electrons. The lowest BCUT2D eigenvalue weighted by molar-refractivity contribution is -0.138. The summed E-state index contributed by atoms with van der Waals surface area (Å²) in [7, 11) is 1.00. The fraction of sp³-hybridized carbons (Fsp3) is 0.818. The van der Waals surface area contributed by atoms with Crippen molar-refractivity contribution in [1.29, 1.82) is 0 Å². The number of aliphatic hydroxyl groups is 4. The number of carboxylic acids is 2. The van der Waals surface area contributed by atoms with Crippen LogP contribution in [0, 0.1) is 0 Å². The van der Waals surface area contributed by atoms with Crippen LogP contribution in [-0.2, 0) is 9.59 Å². The highest BCUT2D eigenvalue weighted by molar-refractivity contribution is 7.98. The van der Waals surface area contributed by atoms with E-state index in [1.54, 1.807) is 11.8 Å². The van der Waals surface area contributed by atoms with Crippen molar-refractivity contribution in [1.82, 2.24) is 0 Å². The molecule has 10 nitrogen and oxygen atoms in total. The molecule has 10 N–H and O–H groups in total. The van der Waals surface area contributed by atoms with E-state index in [1.807, 2.05) is 6.26 Å². The summed E-state index contributed by atoms with van der Waals surface area (Å²) < 4.78 is 0. The largest absolute Gasteiger partial charge is 0.480 e. The van der Waals surface area contributed by atoms with Gasteiger partial charge in [-0.05, 0) is 18.4 Å². The van der Waals surface area contributed by atoms with E-state index in [1.165, 1.54) is 0 Å². The van der Waals surface area contributed by atoms with Gasteiger partial charge in [0.05, 0.1) is 19.8 Å². The highest BCUT2D eigenvalue weighted by Crippen LogP contribution is 1.97. The van der Waals surface area contributed by atoms with Gasteiger partial charge in [0, 0.05) is 7.11 Å². The molecule has 22 heavy (non-hydrogen) atoms. The minimum absolute atomic E-state index is 0.278. The summed E-state index contributed by atoms with van der Waals surface area (Å²) in [5.74, 6) is -1.07. The van der Waals surface area contributed by atoms with Gasteiger partial charge in [-0.3, -0.25) is 9.59 Å². The lowest BCUT2D eigenvalue weighted by Crippen LogP contribution is -2.30. The fourth-order valence-electron chi connectivity index (χ4n) is 0.426. The molecule has 0 amide bonds. The molecule has 1 atom stereocenters. The second kappa shape index (κ2) is 25.0. The second-order valence-corrected chi connectivity index (χ2v) is 4.33. The Kier molecular flexibility index (Phi) is 33.1. The normalized spacial score (nSPS) is 10.0. The van der Waals surface area contributed by atoms with Gasteiger partial charge in [0.2, 0.25) is 0 Å². The first-order valence-corrected chi connectivity index (χ1v) is 7.39. The summed E-state index contributed by atoms with van der Waals surface area (Å²) in [6.45, 7) is -1.01. The number of thioether (sulfide) groups is 1. The Morgan fingerprint density at radius 2 is 1.50 bits per heavy atom. The third-order valence-corrected chi connectivity index (χ3v) is 2.19. The second-order valence-electron chi connectivity index (χ2n) is 3.34. The zero-order valence-corrected chi connectivity index (χ0v) is 13.6. The van der Waals surface area contributed by atoms with Crippen molar-refractivity contribution in [3.8, 4) is 0 Å². The van der Waals surface area contributed by atoms with Crippen LogP contribution in [0.25, 0.3) is 0 Å². The summed E-state index contributed by atoms with van der Waals surface area (Å²) in [6.07, 6.45) is 1.52. The molecule has 0 fully saturated rings. The van der Waals surface area contributed by atoms with E-state index >= 15 is 0 Å². The number of aliphatic carboxylic acids is 2. The van der Waals surface area contributed by atoms with Crippen LogP contribution in [0.5, 0.6) is 0 Å². The van der Waals surface area contributed by atoms with Crippen molar-refractivity contribution in [3.05, 3.63) is 0 Å². The third kappa shape index (κ3) is 36.4. The van der Waals surface area contributed by atoms with Crippen molar-refractivity contribution in [2.45, 2.75) is 18.6 Å². The molecular formula is C11H28N2O8S. The van der Waals surface area contributed by atoms with Crippen molar-refractivity contribution >= 4 is 23.7 Å². The van der Waals surface area contributed by atoms with E-state index < -0.39 is 24.1 Å². The average Bonchev–Trinajstić information content (AvgIpc) is 2.54. The topological polar surface area (TPSA) is 208 Å². The van der Waals surface area contributed by atoms with Crippen molar-refractivity contribution in [2.75, 3.05) is 38.9 Å². The van der Waals surface area contributed by atoms with Crippen molar-refractivity contribution in [3.63, 3.8) is 0 Å². The lowest BCUT2D eigenvalue weighted by Gasteiger charge is -2.02. The predicted molar refractivity (Wildman–Crippen MR) is 83.6 cm³/mol. The Bertz CT molecular complexity index is 242. The van der Waals surface area contributed by atoms with E-state index in [4.69, 9.17) is 36.4 Å². The van der Waals surface area contributed by atoms with Crippen LogP contribution in [0.15, 0.2) is 0 Å². The summed E-state index contributed by atoms with van der Waals surface area (Å²) in [4.78, 5) is 19.3. The first-order valence-electron chi connectivity index (χ1n) is 6.00. The van der Waals surface area contributed by atoms with Crippen molar-refractivity contribution in [2.24, 2.45) is 11.5 Å². The molecule has 0 heterocycles. The Hall–Kier alpha value is -0.950. The minimum Gasteiger partial charge on any atom is -0.480 e. The van der Waals surface area contributed by atoms with Gasteiger partial charge in [-0.15, -0.1) is 0 Å². The fourth-order valence-corrected chi connectivity index (χ4v) is 0.916. The zero-order chi connectivity index (χ0) is 18.6. The summed E-state index contributed by atoms with van der Waals surface area (Å²) >= 11 is 1.60. The van der Waals surface area contributed by atoms with Gasteiger partial charge in [-0.1, -0.05) is 0 Å². The van der Waals surface area contributed by atoms with Crippen LogP contribution in [-0.4, -0.2) is 93.6 Å². The number of aliphatic hydroxyl groups excluding tert-OH is 4. The Morgan fingerprint density at radius 3 is 1.64 bits per heavy atom. The molecule has 0 radical (unpaired) electrons. The lowest BCUT2D eigenvalue weighted by atomic mass is 10.2. The quantitative estimate of drug-likeness (QED) is 0.234. The smallest absolute Gasteiger partial charge is 0.320 e. The van der Waals surface area contributed by atoms with E-state index in [-0.39, 0.29) is 19.8 Å². The van der Waals surface area contributed by atoms with Crippen molar-refractivity contribution < 1.29 is 40.2 Å². The Morgan fingerprint density at radius 1 is 1.14 bits per heavy atom. The number of carbonyl (C=O) groups is 2. The Balaban J connectivity index is -0.000000109. The highest BCUT2D eigenvalue weighted by Gasteiger charge is 2.08. The first kappa shape index (κ1) is 29.1. The predicted octanol–water partition coefficient (Wildman–Crippen LogP) is -2.88. The first-order chi connectivity index (χ1) is 10.3. The molecule has 0 aromatic carbocycles. The zero-order valence-electron chi connectivity index (χ0n) is 12.8. The summed E-state index contributed by atoms with van der Waals surface area (Å²) in [5, 5.41) is 46.9. The van der Waals surface area contributed by atoms with Crippen LogP contribution in [0.4, 0.5) is 0 Å². The van der Waals surface area contributed by atoms with Crippen LogP contribution in [0.3, 0.4) is 0 Å². The highest BCUT2D eigenvalue weighted by atomic mass is 32.2. The monoisotopic (exact) mass is 348 g/mol. The van der Waals surface area contributed by atoms with Gasteiger partial charge in [0.15, 0.2) is 0 Å². The number of rotatable bonds is 7. The molecule has 0 spiro atoms. The van der Waals surface area contributed by atoms with Crippen LogP contribution in [0.1, 0.15) is 6.42 Å². The van der Waals surface area contributed by atoms with Gasteiger partial charge in [-0.2, -0.15) is 11.8 Å². The SMILES string of the molecule is CO.CSCCC(N)C(=O)O.NCC(=O)O.OCC(O)CO. The van der Waals surface area contributed by atoms with Crippen LogP contribution >= 0.6 is 11.8 Å². The molecule has 0 aliphatic rings. The Labute approximate surface area is 133 Å². The van der Waals surface area contributed by atoms with E-state index in [0.29, 0.717) is 6.42 Å². The maximum atomic E-state index is 10.1. The molecule has 11 heteroatoms. The van der Waals surface area contributed by atoms with Gasteiger partial charge in [-0.25, -0.2) is 0 Å². The molecule has 0 rings (SSSR count). The standard InChI is InChI=1S/C5H11NO2S.C3H8O3.C2H5NO2.CH4O/c1-9-3-2-4(6)5(7)8;4-1-3(6)2-5;3-1-2(4)5;1-2/h4H,2-3,6H2,1H3,(H,7,8);3-6H,1-2H2;1,3H2,(H,4,5);2H,1H3. The molecular weight excluding hydrogens is 320 g/mol. The van der Waals surface area contributed by atoms with Gasteiger partial charge in [0.25, 0.3) is 0 Å². The van der Waals surface area contributed by atoms with Crippen LogP contribution < -0.4 is 11.5 Å².